The molecule has 0 spiro atoms. The molecule has 3 aromatic rings. The van der Waals surface area contributed by atoms with E-state index >= 15 is 0 Å². The lowest BCUT2D eigenvalue weighted by Crippen LogP contribution is -2.28. The number of fused-ring (bicyclic) bond motifs is 1. The zero-order chi connectivity index (χ0) is 25.4. The maximum atomic E-state index is 12.3. The molecule has 1 atom stereocenters. The van der Waals surface area contributed by atoms with E-state index in [0.717, 1.165) is 34.6 Å². The van der Waals surface area contributed by atoms with E-state index in [2.05, 4.69) is 18.2 Å². The summed E-state index contributed by atoms with van der Waals surface area (Å²) in [6, 6.07) is 21.6. The van der Waals surface area contributed by atoms with Crippen molar-refractivity contribution in [2.45, 2.75) is 44.3 Å². The highest BCUT2D eigenvalue weighted by atomic mass is 35.5. The number of hydrogen-bond donors (Lipinski definition) is 1. The van der Waals surface area contributed by atoms with Crippen molar-refractivity contribution in [3.63, 3.8) is 0 Å². The molecule has 0 amide bonds. The van der Waals surface area contributed by atoms with Crippen LogP contribution in [-0.2, 0) is 28.9 Å². The van der Waals surface area contributed by atoms with Crippen LogP contribution >= 0.6 is 11.6 Å². The Morgan fingerprint density at radius 1 is 1.00 bits per heavy atom. The van der Waals surface area contributed by atoms with Crippen LogP contribution < -0.4 is 10.5 Å². The molecule has 1 aliphatic rings. The second-order valence-electron chi connectivity index (χ2n) is 8.29. The van der Waals surface area contributed by atoms with Gasteiger partial charge in [-0.3, -0.25) is 9.59 Å². The van der Waals surface area contributed by atoms with E-state index in [-0.39, 0.29) is 18.4 Å². The van der Waals surface area contributed by atoms with E-state index in [4.69, 9.17) is 26.9 Å². The number of carbonyl (C=O) groups excluding carboxylic acids is 2. The zero-order valence-corrected chi connectivity index (χ0v) is 19.6. The number of alkyl halides is 3. The van der Waals surface area contributed by atoms with Crippen LogP contribution in [0, 0.1) is 0 Å². The van der Waals surface area contributed by atoms with Gasteiger partial charge in [0, 0.05) is 11.1 Å². The number of aryl methyl sites for hydroxylation is 2. The first kappa shape index (κ1) is 26.4. The average molecular weight is 504 g/mol. The molecule has 0 unspecified atom stereocenters. The lowest BCUT2D eigenvalue weighted by atomic mass is 10.00. The Morgan fingerprint density at radius 3 is 2.34 bits per heavy atom. The van der Waals surface area contributed by atoms with Crippen molar-refractivity contribution < 1.29 is 27.5 Å². The molecule has 0 fully saturated rings. The van der Waals surface area contributed by atoms with E-state index in [9.17, 15) is 18.0 Å². The third-order valence-corrected chi connectivity index (χ3v) is 5.71. The quantitative estimate of drug-likeness (QED) is 0.250. The smallest absolute Gasteiger partial charge is 0.426 e. The van der Waals surface area contributed by atoms with Crippen molar-refractivity contribution in [2.75, 3.05) is 0 Å². The maximum absolute atomic E-state index is 12.3. The van der Waals surface area contributed by atoms with Crippen LogP contribution in [0.2, 0.25) is 5.02 Å². The van der Waals surface area contributed by atoms with Crippen LogP contribution in [0.1, 0.15) is 29.5 Å². The number of esters is 1. The second-order valence-corrected chi connectivity index (χ2v) is 8.73. The van der Waals surface area contributed by atoms with E-state index in [1.54, 1.807) is 0 Å². The van der Waals surface area contributed by atoms with Gasteiger partial charge >= 0.3 is 12.1 Å². The van der Waals surface area contributed by atoms with Crippen LogP contribution in [0.4, 0.5) is 13.2 Å². The first-order chi connectivity index (χ1) is 16.6. The van der Waals surface area contributed by atoms with Crippen LogP contribution in [0.15, 0.2) is 66.7 Å². The zero-order valence-electron chi connectivity index (χ0n) is 18.9. The lowest BCUT2D eigenvalue weighted by molar-refractivity contribution is -0.156. The topological polar surface area (TPSA) is 69.4 Å². The van der Waals surface area contributed by atoms with E-state index < -0.39 is 12.5 Å². The summed E-state index contributed by atoms with van der Waals surface area (Å²) in [4.78, 5) is 21.0. The Balaban J connectivity index is 0.000000509. The Hall–Kier alpha value is -3.16. The molecule has 2 N–H and O–H groups in total. The fraction of sp³-hybridized carbons (Fsp3) is 0.259. The molecule has 0 saturated heterocycles. The third kappa shape index (κ3) is 8.53. The Bertz CT molecular complexity index is 1160. The summed E-state index contributed by atoms with van der Waals surface area (Å²) >= 11 is 6.07. The molecule has 4 nitrogen and oxygen atoms in total. The minimum Gasteiger partial charge on any atom is -0.426 e. The molecule has 184 valence electrons. The number of aldehydes is 1. The number of halogens is 4. The highest BCUT2D eigenvalue weighted by Gasteiger charge is 2.25. The molecular weight excluding hydrogens is 479 g/mol. The standard InChI is InChI=1S/C25H24ClNO2.C2HF3O/c26-22-6-2-5-20(14-22)19-9-7-17(8-10-19)13-23(27)16-25(28)29-24-12-11-18-3-1-4-21(18)15-24;3-2(4,5)1-6/h2,5-12,14-15,23H,1,3-4,13,16,27H2;1H/t23-;/m1./s1. The third-order valence-electron chi connectivity index (χ3n) is 5.47. The van der Waals surface area contributed by atoms with E-state index in [1.807, 2.05) is 48.5 Å². The van der Waals surface area contributed by atoms with Gasteiger partial charge in [-0.2, -0.15) is 13.2 Å². The highest BCUT2D eigenvalue weighted by Crippen LogP contribution is 2.26. The van der Waals surface area contributed by atoms with E-state index in [0.29, 0.717) is 12.2 Å². The molecule has 4 rings (SSSR count). The van der Waals surface area contributed by atoms with Crippen LogP contribution in [0.25, 0.3) is 11.1 Å². The van der Waals surface area contributed by atoms with Gasteiger partial charge in [0.25, 0.3) is 0 Å². The number of nitrogens with two attached hydrogens (primary N) is 1. The average Bonchev–Trinajstić information content (AvgIpc) is 3.27. The van der Waals surface area contributed by atoms with Gasteiger partial charge in [0.1, 0.15) is 5.75 Å². The molecule has 0 radical (unpaired) electrons. The molecule has 35 heavy (non-hydrogen) atoms. The van der Waals surface area contributed by atoms with E-state index in [1.165, 1.54) is 17.5 Å². The summed E-state index contributed by atoms with van der Waals surface area (Å²) in [5, 5.41) is 0.718. The molecule has 0 saturated carbocycles. The van der Waals surface area contributed by atoms with Gasteiger partial charge in [-0.25, -0.2) is 0 Å². The Labute approximate surface area is 206 Å². The van der Waals surface area contributed by atoms with Gasteiger partial charge in [-0.15, -0.1) is 0 Å². The van der Waals surface area contributed by atoms with Crippen molar-refractivity contribution in [1.29, 1.82) is 0 Å². The molecule has 8 heteroatoms. The van der Waals surface area contributed by atoms with Crippen LogP contribution in [0.3, 0.4) is 0 Å². The molecule has 0 aromatic heterocycles. The summed E-state index contributed by atoms with van der Waals surface area (Å²) in [6.45, 7) is 0. The predicted octanol–water partition coefficient (Wildman–Crippen LogP) is 6.11. The molecule has 3 aromatic carbocycles. The normalized spacial score (nSPS) is 13.3. The summed E-state index contributed by atoms with van der Waals surface area (Å²) < 4.78 is 36.8. The monoisotopic (exact) mass is 503 g/mol. The van der Waals surface area contributed by atoms with Crippen molar-refractivity contribution in [2.24, 2.45) is 5.73 Å². The Morgan fingerprint density at radius 2 is 1.69 bits per heavy atom. The number of carbonyl (C=O) groups is 2. The van der Waals surface area contributed by atoms with Gasteiger partial charge in [-0.05, 0) is 77.8 Å². The number of hydrogen-bond acceptors (Lipinski definition) is 4. The fourth-order valence-electron chi connectivity index (χ4n) is 3.88. The second kappa shape index (κ2) is 12.0. The number of benzene rings is 3. The first-order valence-corrected chi connectivity index (χ1v) is 11.5. The van der Waals surface area contributed by atoms with Gasteiger partial charge in [0.15, 0.2) is 0 Å². The first-order valence-electron chi connectivity index (χ1n) is 11.1. The minimum absolute atomic E-state index is 0.188. The van der Waals surface area contributed by atoms with Crippen molar-refractivity contribution in [3.8, 4) is 16.9 Å². The molecular formula is C27H25ClF3NO3. The SMILES string of the molecule is N[C@@H](CC(=O)Oc1ccc2c(c1)CCC2)Cc1ccc(-c2cccc(Cl)c2)cc1.O=CC(F)(F)F. The maximum Gasteiger partial charge on any atom is 0.446 e. The van der Waals surface area contributed by atoms with Gasteiger partial charge in [0.2, 0.25) is 6.29 Å². The summed E-state index contributed by atoms with van der Waals surface area (Å²) in [6.07, 6.45) is -1.54. The van der Waals surface area contributed by atoms with Gasteiger partial charge in [0.05, 0.1) is 6.42 Å². The van der Waals surface area contributed by atoms with Crippen molar-refractivity contribution in [3.05, 3.63) is 88.4 Å². The minimum atomic E-state index is -4.64. The lowest BCUT2D eigenvalue weighted by Gasteiger charge is -2.12. The van der Waals surface area contributed by atoms with Gasteiger partial charge in [-0.1, -0.05) is 54.1 Å². The molecule has 0 heterocycles. The number of ether oxygens (including phenoxy) is 1. The molecule has 1 aliphatic carbocycles. The summed E-state index contributed by atoms with van der Waals surface area (Å²) in [7, 11) is 0. The van der Waals surface area contributed by atoms with Crippen molar-refractivity contribution in [1.82, 2.24) is 0 Å². The Kier molecular flexibility index (Phi) is 9.07. The molecule has 0 bridgehead atoms. The summed E-state index contributed by atoms with van der Waals surface area (Å²) in [5.74, 6) is 0.333. The van der Waals surface area contributed by atoms with Gasteiger partial charge < -0.3 is 10.5 Å². The van der Waals surface area contributed by atoms with Crippen LogP contribution in [0.5, 0.6) is 5.75 Å². The highest BCUT2D eigenvalue weighted by molar-refractivity contribution is 6.30. The largest absolute Gasteiger partial charge is 0.446 e. The predicted molar refractivity (Wildman–Crippen MR) is 129 cm³/mol. The molecule has 0 aliphatic heterocycles. The number of rotatable bonds is 6. The van der Waals surface area contributed by atoms with Crippen molar-refractivity contribution >= 4 is 23.9 Å². The fourth-order valence-corrected chi connectivity index (χ4v) is 4.07. The van der Waals surface area contributed by atoms with Crippen LogP contribution in [-0.4, -0.2) is 24.5 Å². The summed E-state index contributed by atoms with van der Waals surface area (Å²) in [5.41, 5.74) is 12.1.